The van der Waals surface area contributed by atoms with Crippen LogP contribution in [0, 0.1) is 0 Å². The molecule has 0 aromatic carbocycles. The molecule has 1 aromatic heterocycles. The van der Waals surface area contributed by atoms with Gasteiger partial charge in [-0.25, -0.2) is 0 Å². The number of nitrogens with two attached hydrogens (primary N) is 1. The second kappa shape index (κ2) is 4.93. The monoisotopic (exact) mass is 154 g/mol. The van der Waals surface area contributed by atoms with E-state index in [0.29, 0.717) is 6.54 Å². The molecule has 3 N–H and O–H groups in total. The number of furan rings is 1. The van der Waals surface area contributed by atoms with Crippen LogP contribution in [0.4, 0.5) is 0 Å². The van der Waals surface area contributed by atoms with Crippen molar-refractivity contribution in [2.75, 3.05) is 19.6 Å². The van der Waals surface area contributed by atoms with Crippen LogP contribution in [-0.4, -0.2) is 19.6 Å². The van der Waals surface area contributed by atoms with Crippen LogP contribution in [0.3, 0.4) is 0 Å². The fourth-order valence-corrected chi connectivity index (χ4v) is 0.893. The second-order valence-corrected chi connectivity index (χ2v) is 2.37. The Bertz CT molecular complexity index is 172. The highest BCUT2D eigenvalue weighted by Crippen LogP contribution is 1.98. The van der Waals surface area contributed by atoms with Crippen LogP contribution >= 0.6 is 0 Å². The topological polar surface area (TPSA) is 51.2 Å². The van der Waals surface area contributed by atoms with Crippen molar-refractivity contribution < 1.29 is 4.42 Å². The maximum atomic E-state index is 5.30. The maximum absolute atomic E-state index is 5.30. The van der Waals surface area contributed by atoms with Crippen molar-refractivity contribution >= 4 is 0 Å². The molecular formula is C8H14N2O. The third-order valence-electron chi connectivity index (χ3n) is 1.45. The summed E-state index contributed by atoms with van der Waals surface area (Å²) in [6, 6.07) is 3.88. The van der Waals surface area contributed by atoms with Gasteiger partial charge in [0, 0.05) is 26.1 Å². The third kappa shape index (κ3) is 3.20. The molecule has 11 heavy (non-hydrogen) atoms. The first-order valence-corrected chi connectivity index (χ1v) is 3.86. The first-order valence-electron chi connectivity index (χ1n) is 3.86. The molecule has 0 aliphatic heterocycles. The largest absolute Gasteiger partial charge is 0.469 e. The molecule has 0 radical (unpaired) electrons. The van der Waals surface area contributed by atoms with Crippen molar-refractivity contribution in [3.05, 3.63) is 24.2 Å². The van der Waals surface area contributed by atoms with E-state index in [0.717, 1.165) is 25.3 Å². The van der Waals surface area contributed by atoms with Crippen LogP contribution < -0.4 is 11.1 Å². The van der Waals surface area contributed by atoms with E-state index in [2.05, 4.69) is 5.32 Å². The van der Waals surface area contributed by atoms with Gasteiger partial charge < -0.3 is 15.5 Å². The second-order valence-electron chi connectivity index (χ2n) is 2.37. The molecule has 62 valence electrons. The molecule has 0 saturated heterocycles. The highest BCUT2D eigenvalue weighted by molar-refractivity contribution is 4.98. The number of nitrogens with one attached hydrogen (secondary N) is 1. The van der Waals surface area contributed by atoms with Gasteiger partial charge in [-0.2, -0.15) is 0 Å². The summed E-state index contributed by atoms with van der Waals surface area (Å²) in [4.78, 5) is 0. The molecule has 0 fully saturated rings. The molecule has 0 unspecified atom stereocenters. The average molecular weight is 154 g/mol. The first kappa shape index (κ1) is 8.30. The lowest BCUT2D eigenvalue weighted by Gasteiger charge is -1.99. The van der Waals surface area contributed by atoms with E-state index in [9.17, 15) is 0 Å². The fourth-order valence-electron chi connectivity index (χ4n) is 0.893. The summed E-state index contributed by atoms with van der Waals surface area (Å²) in [5.74, 6) is 1.02. The Kier molecular flexibility index (Phi) is 3.72. The van der Waals surface area contributed by atoms with Gasteiger partial charge in [-0.1, -0.05) is 0 Å². The predicted molar refractivity (Wildman–Crippen MR) is 44.3 cm³/mol. The quantitative estimate of drug-likeness (QED) is 0.602. The molecule has 3 heteroatoms. The Morgan fingerprint density at radius 1 is 1.45 bits per heavy atom. The number of hydrogen-bond donors (Lipinski definition) is 2. The molecular weight excluding hydrogens is 140 g/mol. The van der Waals surface area contributed by atoms with Gasteiger partial charge in [0.1, 0.15) is 5.76 Å². The molecule has 1 aromatic rings. The van der Waals surface area contributed by atoms with Crippen molar-refractivity contribution in [3.63, 3.8) is 0 Å². The van der Waals surface area contributed by atoms with Gasteiger partial charge in [-0.15, -0.1) is 0 Å². The number of hydrogen-bond acceptors (Lipinski definition) is 3. The third-order valence-corrected chi connectivity index (χ3v) is 1.45. The van der Waals surface area contributed by atoms with E-state index >= 15 is 0 Å². The van der Waals surface area contributed by atoms with Crippen molar-refractivity contribution in [3.8, 4) is 0 Å². The highest BCUT2D eigenvalue weighted by Gasteiger charge is 1.92. The zero-order valence-corrected chi connectivity index (χ0v) is 6.55. The Hall–Kier alpha value is -0.800. The van der Waals surface area contributed by atoms with Crippen molar-refractivity contribution in [2.45, 2.75) is 6.42 Å². The van der Waals surface area contributed by atoms with Crippen molar-refractivity contribution in [2.24, 2.45) is 5.73 Å². The van der Waals surface area contributed by atoms with Crippen molar-refractivity contribution in [1.29, 1.82) is 0 Å². The minimum Gasteiger partial charge on any atom is -0.469 e. The SMILES string of the molecule is NCCNCCc1ccco1. The molecule has 1 heterocycles. The van der Waals surface area contributed by atoms with Crippen LogP contribution in [-0.2, 0) is 6.42 Å². The molecule has 0 amide bonds. The standard InChI is InChI=1S/C8H14N2O/c9-4-6-10-5-3-8-2-1-7-11-8/h1-2,7,10H,3-6,9H2. The Morgan fingerprint density at radius 2 is 2.36 bits per heavy atom. The van der Waals surface area contributed by atoms with Crippen LogP contribution in [0.25, 0.3) is 0 Å². The van der Waals surface area contributed by atoms with E-state index in [1.165, 1.54) is 0 Å². The summed E-state index contributed by atoms with van der Waals surface area (Å²) in [5.41, 5.74) is 5.30. The molecule has 0 aliphatic carbocycles. The van der Waals surface area contributed by atoms with Gasteiger partial charge >= 0.3 is 0 Å². The molecule has 0 spiro atoms. The van der Waals surface area contributed by atoms with E-state index in [1.807, 2.05) is 12.1 Å². The van der Waals surface area contributed by atoms with Gasteiger partial charge in [0.25, 0.3) is 0 Å². The lowest BCUT2D eigenvalue weighted by atomic mass is 10.3. The normalized spacial score (nSPS) is 10.3. The van der Waals surface area contributed by atoms with Crippen molar-refractivity contribution in [1.82, 2.24) is 5.32 Å². The summed E-state index contributed by atoms with van der Waals surface area (Å²) in [5, 5.41) is 3.19. The van der Waals surface area contributed by atoms with Crippen LogP contribution in [0.15, 0.2) is 22.8 Å². The minimum atomic E-state index is 0.693. The smallest absolute Gasteiger partial charge is 0.105 e. The van der Waals surface area contributed by atoms with E-state index < -0.39 is 0 Å². The van der Waals surface area contributed by atoms with Gasteiger partial charge in [-0.05, 0) is 12.1 Å². The van der Waals surface area contributed by atoms with Crippen LogP contribution in [0.1, 0.15) is 5.76 Å². The molecule has 0 bridgehead atoms. The van der Waals surface area contributed by atoms with Crippen LogP contribution in [0.5, 0.6) is 0 Å². The summed E-state index contributed by atoms with van der Waals surface area (Å²) >= 11 is 0. The summed E-state index contributed by atoms with van der Waals surface area (Å²) in [6.45, 7) is 2.50. The van der Waals surface area contributed by atoms with E-state index in [1.54, 1.807) is 6.26 Å². The summed E-state index contributed by atoms with van der Waals surface area (Å²) < 4.78 is 5.14. The molecule has 1 rings (SSSR count). The summed E-state index contributed by atoms with van der Waals surface area (Å²) in [6.07, 6.45) is 2.63. The van der Waals surface area contributed by atoms with Gasteiger partial charge in [0.05, 0.1) is 6.26 Å². The Labute approximate surface area is 66.6 Å². The van der Waals surface area contributed by atoms with E-state index in [-0.39, 0.29) is 0 Å². The zero-order chi connectivity index (χ0) is 7.94. The molecule has 3 nitrogen and oxygen atoms in total. The fraction of sp³-hybridized carbons (Fsp3) is 0.500. The Morgan fingerprint density at radius 3 is 3.00 bits per heavy atom. The molecule has 0 aliphatic rings. The van der Waals surface area contributed by atoms with Gasteiger partial charge in [-0.3, -0.25) is 0 Å². The molecule has 0 atom stereocenters. The highest BCUT2D eigenvalue weighted by atomic mass is 16.3. The average Bonchev–Trinajstić information content (AvgIpc) is 2.50. The first-order chi connectivity index (χ1) is 5.43. The molecule has 0 saturated carbocycles. The lowest BCUT2D eigenvalue weighted by molar-refractivity contribution is 0.500. The Balaban J connectivity index is 2.04. The van der Waals surface area contributed by atoms with Gasteiger partial charge in [0.2, 0.25) is 0 Å². The number of rotatable bonds is 5. The summed E-state index contributed by atoms with van der Waals surface area (Å²) in [7, 11) is 0. The van der Waals surface area contributed by atoms with E-state index in [4.69, 9.17) is 10.2 Å². The minimum absolute atomic E-state index is 0.693. The lowest BCUT2D eigenvalue weighted by Crippen LogP contribution is -2.24. The maximum Gasteiger partial charge on any atom is 0.105 e. The zero-order valence-electron chi connectivity index (χ0n) is 6.55. The predicted octanol–water partition coefficient (Wildman–Crippen LogP) is 0.370. The van der Waals surface area contributed by atoms with Crippen LogP contribution in [0.2, 0.25) is 0 Å². The van der Waals surface area contributed by atoms with Gasteiger partial charge in [0.15, 0.2) is 0 Å².